The Morgan fingerprint density at radius 1 is 0.778 bits per heavy atom. The van der Waals surface area contributed by atoms with Crippen LogP contribution in [0.2, 0.25) is 20.1 Å². The molecule has 0 radical (unpaired) electrons. The van der Waals surface area contributed by atoms with Gasteiger partial charge in [-0.15, -0.1) is 0 Å². The normalized spacial score (nSPS) is 10.7. The van der Waals surface area contributed by atoms with Crippen LogP contribution in [0, 0.1) is 0 Å². The molecule has 0 amide bonds. The molecule has 0 aromatic heterocycles. The van der Waals surface area contributed by atoms with E-state index in [2.05, 4.69) is 15.9 Å². The summed E-state index contributed by atoms with van der Waals surface area (Å²) in [4.78, 5) is 0. The van der Waals surface area contributed by atoms with Gasteiger partial charge in [0.1, 0.15) is 0 Å². The molecule has 2 rings (SSSR count). The Balaban J connectivity index is 2.66. The second kappa shape index (κ2) is 6.02. The summed E-state index contributed by atoms with van der Waals surface area (Å²) in [5, 5.41) is 2.53. The summed E-state index contributed by atoms with van der Waals surface area (Å²) in [6.07, 6.45) is 0. The third-order valence-electron chi connectivity index (χ3n) is 2.55. The SMILES string of the molecule is Clc1ccc(-c2cccc(CBr)c2Cl)c(Cl)c1Cl. The Morgan fingerprint density at radius 3 is 2.11 bits per heavy atom. The first-order chi connectivity index (χ1) is 8.56. The van der Waals surface area contributed by atoms with Crippen LogP contribution in [0.3, 0.4) is 0 Å². The zero-order valence-corrected chi connectivity index (χ0v) is 13.6. The van der Waals surface area contributed by atoms with E-state index in [1.54, 1.807) is 6.07 Å². The van der Waals surface area contributed by atoms with Crippen LogP contribution in [-0.4, -0.2) is 0 Å². The van der Waals surface area contributed by atoms with Gasteiger partial charge in [0.05, 0.1) is 20.1 Å². The second-order valence-corrected chi connectivity index (χ2v) is 5.74. The molecule has 0 spiro atoms. The van der Waals surface area contributed by atoms with E-state index in [1.165, 1.54) is 0 Å². The van der Waals surface area contributed by atoms with Gasteiger partial charge in [0.2, 0.25) is 0 Å². The van der Waals surface area contributed by atoms with Crippen molar-refractivity contribution in [2.24, 2.45) is 0 Å². The lowest BCUT2D eigenvalue weighted by Crippen LogP contribution is -1.87. The summed E-state index contributed by atoms with van der Waals surface area (Å²) in [6, 6.07) is 9.31. The zero-order chi connectivity index (χ0) is 13.3. The quantitative estimate of drug-likeness (QED) is 0.391. The molecule has 0 bridgehead atoms. The summed E-state index contributed by atoms with van der Waals surface area (Å²) in [7, 11) is 0. The summed E-state index contributed by atoms with van der Waals surface area (Å²) in [5.74, 6) is 0. The van der Waals surface area contributed by atoms with Gasteiger partial charge < -0.3 is 0 Å². The van der Waals surface area contributed by atoms with Gasteiger partial charge >= 0.3 is 0 Å². The molecular formula is C13H7BrCl4. The largest absolute Gasteiger partial charge is 0.0876 e. The van der Waals surface area contributed by atoms with Crippen LogP contribution in [0.15, 0.2) is 30.3 Å². The number of rotatable bonds is 2. The van der Waals surface area contributed by atoms with Crippen LogP contribution in [0.25, 0.3) is 11.1 Å². The van der Waals surface area contributed by atoms with Crippen molar-refractivity contribution in [1.82, 2.24) is 0 Å². The topological polar surface area (TPSA) is 0 Å². The predicted octanol–water partition coefficient (Wildman–Crippen LogP) is 6.86. The highest BCUT2D eigenvalue weighted by Crippen LogP contribution is 2.41. The Bertz CT molecular complexity index is 596. The van der Waals surface area contributed by atoms with Gasteiger partial charge in [0.15, 0.2) is 0 Å². The second-order valence-electron chi connectivity index (χ2n) is 3.64. The average Bonchev–Trinajstić information content (AvgIpc) is 2.37. The third-order valence-corrected chi connectivity index (χ3v) is 4.89. The van der Waals surface area contributed by atoms with Gasteiger partial charge in [-0.3, -0.25) is 0 Å². The Hall–Kier alpha value is 0.0800. The predicted molar refractivity (Wildman–Crippen MR) is 84.5 cm³/mol. The highest BCUT2D eigenvalue weighted by atomic mass is 79.9. The van der Waals surface area contributed by atoms with E-state index in [4.69, 9.17) is 46.4 Å². The maximum Gasteiger partial charge on any atom is 0.0784 e. The van der Waals surface area contributed by atoms with E-state index in [0.717, 1.165) is 16.7 Å². The molecular weight excluding hydrogens is 378 g/mol. The highest BCUT2D eigenvalue weighted by Gasteiger charge is 2.14. The van der Waals surface area contributed by atoms with Gasteiger partial charge in [0.25, 0.3) is 0 Å². The lowest BCUT2D eigenvalue weighted by Gasteiger charge is -2.11. The molecule has 0 atom stereocenters. The van der Waals surface area contributed by atoms with Crippen molar-refractivity contribution in [1.29, 1.82) is 0 Å². The molecule has 2 aromatic carbocycles. The molecule has 0 saturated carbocycles. The molecule has 0 nitrogen and oxygen atoms in total. The van der Waals surface area contributed by atoms with Crippen molar-refractivity contribution in [3.8, 4) is 11.1 Å². The fourth-order valence-electron chi connectivity index (χ4n) is 1.62. The van der Waals surface area contributed by atoms with Crippen molar-refractivity contribution in [3.63, 3.8) is 0 Å². The maximum absolute atomic E-state index is 6.34. The lowest BCUT2D eigenvalue weighted by molar-refractivity contribution is 1.43. The number of halogens is 5. The fraction of sp³-hybridized carbons (Fsp3) is 0.0769. The first-order valence-electron chi connectivity index (χ1n) is 5.03. The molecule has 0 unspecified atom stereocenters. The first-order valence-corrected chi connectivity index (χ1v) is 7.66. The van der Waals surface area contributed by atoms with Crippen LogP contribution >= 0.6 is 62.3 Å². The minimum atomic E-state index is 0.344. The molecule has 0 aliphatic rings. The molecule has 5 heteroatoms. The monoisotopic (exact) mass is 382 g/mol. The van der Waals surface area contributed by atoms with E-state index in [9.17, 15) is 0 Å². The summed E-state index contributed by atoms with van der Waals surface area (Å²) in [6.45, 7) is 0. The van der Waals surface area contributed by atoms with Gasteiger partial charge in [-0.25, -0.2) is 0 Å². The van der Waals surface area contributed by atoms with Crippen LogP contribution in [0.5, 0.6) is 0 Å². The van der Waals surface area contributed by atoms with E-state index >= 15 is 0 Å². The lowest BCUT2D eigenvalue weighted by atomic mass is 10.0. The molecule has 18 heavy (non-hydrogen) atoms. The standard InChI is InChI=1S/C13H7BrCl4/c14-6-7-2-1-3-8(11(7)16)9-4-5-10(15)13(18)12(9)17/h1-5H,6H2. The maximum atomic E-state index is 6.34. The first kappa shape index (κ1) is 14.5. The molecule has 0 aliphatic heterocycles. The van der Waals surface area contributed by atoms with Crippen LogP contribution in [0.4, 0.5) is 0 Å². The Labute approximate surface area is 134 Å². The Kier molecular flexibility index (Phi) is 4.85. The molecule has 0 fully saturated rings. The van der Waals surface area contributed by atoms with Gasteiger partial charge in [-0.05, 0) is 11.6 Å². The third kappa shape index (κ3) is 2.66. The molecule has 0 heterocycles. The highest BCUT2D eigenvalue weighted by molar-refractivity contribution is 9.08. The number of benzene rings is 2. The number of alkyl halides is 1. The molecule has 0 N–H and O–H groups in total. The van der Waals surface area contributed by atoms with Crippen molar-refractivity contribution < 1.29 is 0 Å². The van der Waals surface area contributed by atoms with E-state index < -0.39 is 0 Å². The van der Waals surface area contributed by atoms with E-state index in [0.29, 0.717) is 25.4 Å². The van der Waals surface area contributed by atoms with Crippen molar-refractivity contribution >= 4 is 62.3 Å². The molecule has 2 aromatic rings. The summed E-state index contributed by atoms with van der Waals surface area (Å²) >= 11 is 27.9. The van der Waals surface area contributed by atoms with Crippen LogP contribution < -0.4 is 0 Å². The smallest absolute Gasteiger partial charge is 0.0784 e. The van der Waals surface area contributed by atoms with Crippen LogP contribution in [0.1, 0.15) is 5.56 Å². The van der Waals surface area contributed by atoms with Crippen molar-refractivity contribution in [2.75, 3.05) is 0 Å². The minimum absolute atomic E-state index is 0.344. The average molecular weight is 385 g/mol. The van der Waals surface area contributed by atoms with Crippen LogP contribution in [-0.2, 0) is 5.33 Å². The molecule has 0 saturated heterocycles. The van der Waals surface area contributed by atoms with Gasteiger partial charge in [-0.2, -0.15) is 0 Å². The van der Waals surface area contributed by atoms with E-state index in [-0.39, 0.29) is 0 Å². The van der Waals surface area contributed by atoms with Gasteiger partial charge in [-0.1, -0.05) is 86.6 Å². The van der Waals surface area contributed by atoms with E-state index in [1.807, 2.05) is 24.3 Å². The summed E-state index contributed by atoms with van der Waals surface area (Å²) < 4.78 is 0. The number of hydrogen-bond acceptors (Lipinski definition) is 0. The minimum Gasteiger partial charge on any atom is -0.0876 e. The molecule has 0 aliphatic carbocycles. The van der Waals surface area contributed by atoms with Crippen molar-refractivity contribution in [3.05, 3.63) is 56.0 Å². The fourth-order valence-corrected chi connectivity index (χ4v) is 3.19. The zero-order valence-electron chi connectivity index (χ0n) is 8.98. The van der Waals surface area contributed by atoms with Crippen molar-refractivity contribution in [2.45, 2.75) is 5.33 Å². The summed E-state index contributed by atoms with van der Waals surface area (Å²) in [5.41, 5.74) is 2.62. The number of hydrogen-bond donors (Lipinski definition) is 0. The molecule has 94 valence electrons. The Morgan fingerprint density at radius 2 is 1.44 bits per heavy atom. The van der Waals surface area contributed by atoms with Gasteiger partial charge in [0, 0.05) is 16.5 Å².